The van der Waals surface area contributed by atoms with Gasteiger partial charge in [0.05, 0.1) is 5.88 Å². The normalized spacial score (nSPS) is 14.1. The Morgan fingerprint density at radius 1 is 0.917 bits per heavy atom. The number of hydrogen-bond acceptors (Lipinski definition) is 2. The first kappa shape index (κ1) is 19.0. The molecule has 0 fully saturated rings. The Morgan fingerprint density at radius 3 is 1.75 bits per heavy atom. The van der Waals surface area contributed by atoms with Crippen LogP contribution in [0.5, 0.6) is 0 Å². The molecule has 0 aliphatic heterocycles. The van der Waals surface area contributed by atoms with Gasteiger partial charge in [-0.1, -0.05) is 74.5 Å². The van der Waals surface area contributed by atoms with Gasteiger partial charge in [-0.25, -0.2) is 0 Å². The highest BCUT2D eigenvalue weighted by Gasteiger charge is 2.33. The average molecular weight is 346 g/mol. The van der Waals surface area contributed by atoms with Gasteiger partial charge in [0.1, 0.15) is 5.72 Å². The van der Waals surface area contributed by atoms with Gasteiger partial charge in [0.25, 0.3) is 0 Å². The summed E-state index contributed by atoms with van der Waals surface area (Å²) in [6.45, 7) is 5.70. The van der Waals surface area contributed by atoms with Gasteiger partial charge in [-0.05, 0) is 29.9 Å². The second-order valence-corrected chi connectivity index (χ2v) is 7.14. The van der Waals surface area contributed by atoms with E-state index in [1.54, 1.807) is 0 Å². The molecule has 0 saturated carbocycles. The van der Waals surface area contributed by atoms with E-state index in [0.29, 0.717) is 25.4 Å². The first-order chi connectivity index (χ1) is 11.5. The van der Waals surface area contributed by atoms with Crippen molar-refractivity contribution in [2.24, 2.45) is 5.92 Å². The number of rotatable bonds is 9. The summed E-state index contributed by atoms with van der Waals surface area (Å²) in [4.78, 5) is 2.10. The molecular formula is C21H28ClNO. The summed E-state index contributed by atoms with van der Waals surface area (Å²) in [5, 5.41) is 11.2. The largest absolute Gasteiger partial charge is 0.374 e. The summed E-state index contributed by atoms with van der Waals surface area (Å²) in [6.07, 6.45) is 1.62. The van der Waals surface area contributed by atoms with E-state index in [0.717, 1.165) is 6.42 Å². The number of alkyl halides is 1. The predicted molar refractivity (Wildman–Crippen MR) is 102 cm³/mol. The Balaban J connectivity index is 2.22. The van der Waals surface area contributed by atoms with Gasteiger partial charge < -0.3 is 5.11 Å². The van der Waals surface area contributed by atoms with Crippen molar-refractivity contribution in [3.05, 3.63) is 71.8 Å². The number of halogens is 1. The summed E-state index contributed by atoms with van der Waals surface area (Å²) in [5.74, 6) is 0.745. The number of hydrogen-bond donors (Lipinski definition) is 1. The quantitative estimate of drug-likeness (QED) is 0.507. The van der Waals surface area contributed by atoms with Gasteiger partial charge in [0, 0.05) is 13.1 Å². The van der Waals surface area contributed by atoms with E-state index in [9.17, 15) is 5.11 Å². The van der Waals surface area contributed by atoms with Gasteiger partial charge in [0.15, 0.2) is 0 Å². The smallest absolute Gasteiger partial charge is 0.132 e. The monoisotopic (exact) mass is 345 g/mol. The lowest BCUT2D eigenvalue weighted by atomic mass is 9.99. The molecule has 0 amide bonds. The summed E-state index contributed by atoms with van der Waals surface area (Å²) in [7, 11) is 0. The molecule has 0 aromatic heterocycles. The molecule has 0 unspecified atom stereocenters. The maximum absolute atomic E-state index is 11.2. The molecule has 0 saturated heterocycles. The molecule has 3 heteroatoms. The van der Waals surface area contributed by atoms with Crippen LogP contribution in [0.3, 0.4) is 0 Å². The lowest BCUT2D eigenvalue weighted by Crippen LogP contribution is -2.49. The van der Waals surface area contributed by atoms with Gasteiger partial charge >= 0.3 is 0 Å². The minimum atomic E-state index is -1.00. The van der Waals surface area contributed by atoms with Crippen molar-refractivity contribution in [3.8, 4) is 0 Å². The minimum absolute atomic E-state index is 0.208. The molecule has 2 nitrogen and oxygen atoms in total. The second-order valence-electron chi connectivity index (χ2n) is 6.88. The molecule has 1 atom stereocenters. The van der Waals surface area contributed by atoms with Crippen LogP contribution >= 0.6 is 11.6 Å². The third kappa shape index (κ3) is 5.62. The highest BCUT2D eigenvalue weighted by Crippen LogP contribution is 2.27. The molecular weight excluding hydrogens is 318 g/mol. The van der Waals surface area contributed by atoms with Gasteiger partial charge in [-0.2, -0.15) is 0 Å². The van der Waals surface area contributed by atoms with Gasteiger partial charge in [-0.3, -0.25) is 4.90 Å². The molecule has 130 valence electrons. The van der Waals surface area contributed by atoms with E-state index >= 15 is 0 Å². The SMILES string of the molecule is CC(C)CC[C@](O)(CCl)N(Cc1ccccc1)Cc1ccccc1. The van der Waals surface area contributed by atoms with Crippen LogP contribution < -0.4 is 0 Å². The van der Waals surface area contributed by atoms with Crippen molar-refractivity contribution in [1.82, 2.24) is 4.90 Å². The standard InChI is InChI=1S/C21H28ClNO/c1-18(2)13-14-21(24,17-22)23(15-19-9-5-3-6-10-19)16-20-11-7-4-8-12-20/h3-12,18,24H,13-17H2,1-2H3/t21-/m0/s1. The number of aliphatic hydroxyl groups is 1. The molecule has 0 bridgehead atoms. The van der Waals surface area contributed by atoms with Gasteiger partial charge in [0.2, 0.25) is 0 Å². The third-order valence-electron chi connectivity index (χ3n) is 4.36. The van der Waals surface area contributed by atoms with Crippen LogP contribution in [-0.2, 0) is 13.1 Å². The van der Waals surface area contributed by atoms with E-state index < -0.39 is 5.72 Å². The minimum Gasteiger partial charge on any atom is -0.374 e. The van der Waals surface area contributed by atoms with Crippen LogP contribution in [0.2, 0.25) is 0 Å². The summed E-state index contributed by atoms with van der Waals surface area (Å²) < 4.78 is 0. The van der Waals surface area contributed by atoms with Crippen LogP contribution in [-0.4, -0.2) is 21.6 Å². The number of nitrogens with zero attached hydrogens (tertiary/aromatic N) is 1. The van der Waals surface area contributed by atoms with Crippen molar-refractivity contribution in [2.45, 2.75) is 45.5 Å². The van der Waals surface area contributed by atoms with Crippen LogP contribution in [0.1, 0.15) is 37.8 Å². The Bertz CT molecular complexity index is 546. The zero-order valence-corrected chi connectivity index (χ0v) is 15.4. The third-order valence-corrected chi connectivity index (χ3v) is 4.79. The molecule has 24 heavy (non-hydrogen) atoms. The highest BCUT2D eigenvalue weighted by atomic mass is 35.5. The maximum Gasteiger partial charge on any atom is 0.132 e. The molecule has 0 radical (unpaired) electrons. The van der Waals surface area contributed by atoms with Crippen molar-refractivity contribution in [2.75, 3.05) is 5.88 Å². The zero-order chi connectivity index (χ0) is 17.4. The second kappa shape index (κ2) is 9.22. The average Bonchev–Trinajstić information content (AvgIpc) is 2.61. The van der Waals surface area contributed by atoms with Crippen molar-refractivity contribution in [1.29, 1.82) is 0 Å². The molecule has 0 heterocycles. The topological polar surface area (TPSA) is 23.5 Å². The van der Waals surface area contributed by atoms with E-state index in [1.807, 2.05) is 36.4 Å². The van der Waals surface area contributed by atoms with Gasteiger partial charge in [-0.15, -0.1) is 11.6 Å². The summed E-state index contributed by atoms with van der Waals surface area (Å²) in [6, 6.07) is 20.5. The Kier molecular flexibility index (Phi) is 7.29. The molecule has 2 aromatic carbocycles. The summed E-state index contributed by atoms with van der Waals surface area (Å²) >= 11 is 6.23. The van der Waals surface area contributed by atoms with Crippen LogP contribution in [0.4, 0.5) is 0 Å². The lowest BCUT2D eigenvalue weighted by molar-refractivity contribution is -0.109. The lowest BCUT2D eigenvalue weighted by Gasteiger charge is -2.39. The van der Waals surface area contributed by atoms with E-state index in [2.05, 4.69) is 43.0 Å². The van der Waals surface area contributed by atoms with E-state index in [1.165, 1.54) is 11.1 Å². The summed E-state index contributed by atoms with van der Waals surface area (Å²) in [5.41, 5.74) is 1.36. The maximum atomic E-state index is 11.2. The zero-order valence-electron chi connectivity index (χ0n) is 14.7. The van der Waals surface area contributed by atoms with Crippen LogP contribution in [0.25, 0.3) is 0 Å². The van der Waals surface area contributed by atoms with Crippen LogP contribution in [0.15, 0.2) is 60.7 Å². The highest BCUT2D eigenvalue weighted by molar-refractivity contribution is 6.18. The molecule has 0 aliphatic rings. The van der Waals surface area contributed by atoms with E-state index in [-0.39, 0.29) is 5.88 Å². The number of benzene rings is 2. The molecule has 2 aromatic rings. The first-order valence-corrected chi connectivity index (χ1v) is 9.18. The van der Waals surface area contributed by atoms with Crippen molar-refractivity contribution in [3.63, 3.8) is 0 Å². The fraction of sp³-hybridized carbons (Fsp3) is 0.429. The molecule has 0 spiro atoms. The fourth-order valence-electron chi connectivity index (χ4n) is 2.79. The van der Waals surface area contributed by atoms with E-state index in [4.69, 9.17) is 11.6 Å². The first-order valence-electron chi connectivity index (χ1n) is 8.65. The molecule has 2 rings (SSSR count). The molecule has 0 aliphatic carbocycles. The van der Waals surface area contributed by atoms with Crippen molar-refractivity contribution >= 4 is 11.6 Å². The molecule has 1 N–H and O–H groups in total. The Morgan fingerprint density at radius 2 is 1.38 bits per heavy atom. The fourth-order valence-corrected chi connectivity index (χ4v) is 3.09. The van der Waals surface area contributed by atoms with Crippen molar-refractivity contribution < 1.29 is 5.11 Å². The predicted octanol–water partition coefficient (Wildman–Crippen LogP) is 5.05. The Hall–Kier alpha value is -1.35. The Labute approximate surface area is 151 Å². The van der Waals surface area contributed by atoms with Crippen LogP contribution in [0, 0.1) is 5.92 Å².